The van der Waals surface area contributed by atoms with Crippen molar-refractivity contribution >= 4 is 29.7 Å². The molecule has 0 radical (unpaired) electrons. The van der Waals surface area contributed by atoms with Crippen LogP contribution in [0.3, 0.4) is 0 Å². The molecule has 0 spiro atoms. The number of hydrogen-bond acceptors (Lipinski definition) is 7. The third kappa shape index (κ3) is 12.3. The Morgan fingerprint density at radius 3 is 2.05 bits per heavy atom. The number of benzene rings is 1. The van der Waals surface area contributed by atoms with E-state index in [1.54, 1.807) is 19.1 Å². The van der Waals surface area contributed by atoms with E-state index >= 15 is 0 Å². The lowest BCUT2D eigenvalue weighted by Crippen LogP contribution is -2.58. The van der Waals surface area contributed by atoms with Crippen LogP contribution in [0.4, 0.5) is 0 Å². The summed E-state index contributed by atoms with van der Waals surface area (Å²) >= 11 is 0. The average molecular weight is 564 g/mol. The highest BCUT2D eigenvalue weighted by Crippen LogP contribution is 2.13. The molecule has 11 N–H and O–H groups in total. The SMILES string of the molecule is CCC(C)C(NC(=O)C(CCCN=C(N)N)NC(=O)C(N)Cc1ccc(O)cc1)C(=O)NC(CC(C)C)C(=O)O. The van der Waals surface area contributed by atoms with E-state index in [2.05, 4.69) is 20.9 Å². The lowest BCUT2D eigenvalue weighted by Gasteiger charge is -2.28. The van der Waals surface area contributed by atoms with E-state index in [9.17, 15) is 29.4 Å². The molecule has 1 rings (SSSR count). The van der Waals surface area contributed by atoms with Gasteiger partial charge < -0.3 is 43.4 Å². The summed E-state index contributed by atoms with van der Waals surface area (Å²) in [7, 11) is 0. The fourth-order valence-corrected chi connectivity index (χ4v) is 3.94. The van der Waals surface area contributed by atoms with Gasteiger partial charge in [-0.3, -0.25) is 19.4 Å². The number of carbonyl (C=O) groups is 4. The number of nitrogens with one attached hydrogen (secondary N) is 3. The van der Waals surface area contributed by atoms with Crippen molar-refractivity contribution in [3.05, 3.63) is 29.8 Å². The molecule has 0 heterocycles. The number of rotatable bonds is 17. The molecule has 0 bridgehead atoms. The Morgan fingerprint density at radius 2 is 1.52 bits per heavy atom. The lowest BCUT2D eigenvalue weighted by molar-refractivity contribution is -0.143. The third-order valence-corrected chi connectivity index (χ3v) is 6.42. The molecule has 1 aromatic carbocycles. The minimum absolute atomic E-state index is 0.0219. The summed E-state index contributed by atoms with van der Waals surface area (Å²) in [6.07, 6.45) is 1.42. The van der Waals surface area contributed by atoms with Gasteiger partial charge >= 0.3 is 5.97 Å². The van der Waals surface area contributed by atoms with Gasteiger partial charge in [-0.25, -0.2) is 4.79 Å². The molecule has 5 atom stereocenters. The van der Waals surface area contributed by atoms with Crippen molar-refractivity contribution in [1.82, 2.24) is 16.0 Å². The molecule has 1 aromatic rings. The molecular formula is C27H45N7O6. The third-order valence-electron chi connectivity index (χ3n) is 6.42. The number of aliphatic imine (C=N–C) groups is 1. The van der Waals surface area contributed by atoms with Gasteiger partial charge in [0, 0.05) is 6.54 Å². The van der Waals surface area contributed by atoms with Crippen LogP contribution >= 0.6 is 0 Å². The molecule has 13 nitrogen and oxygen atoms in total. The summed E-state index contributed by atoms with van der Waals surface area (Å²) in [6.45, 7) is 7.52. The van der Waals surface area contributed by atoms with Gasteiger partial charge in [0.2, 0.25) is 17.7 Å². The number of phenols is 1. The first-order valence-electron chi connectivity index (χ1n) is 13.5. The number of amides is 3. The van der Waals surface area contributed by atoms with Crippen LogP contribution in [0.2, 0.25) is 0 Å². The summed E-state index contributed by atoms with van der Waals surface area (Å²) in [4.78, 5) is 55.0. The van der Waals surface area contributed by atoms with Crippen LogP contribution in [-0.4, -0.2) is 70.6 Å². The van der Waals surface area contributed by atoms with Crippen LogP contribution in [0.25, 0.3) is 0 Å². The summed E-state index contributed by atoms with van der Waals surface area (Å²) in [5.41, 5.74) is 17.6. The summed E-state index contributed by atoms with van der Waals surface area (Å²) in [5.74, 6) is -3.31. The number of carbonyl (C=O) groups excluding carboxylic acids is 3. The molecule has 0 aliphatic carbocycles. The maximum atomic E-state index is 13.4. The molecule has 0 aliphatic heterocycles. The second-order valence-corrected chi connectivity index (χ2v) is 10.4. The van der Waals surface area contributed by atoms with Crippen LogP contribution in [0, 0.1) is 11.8 Å². The van der Waals surface area contributed by atoms with Gasteiger partial charge in [-0.05, 0) is 55.2 Å². The Kier molecular flexibility index (Phi) is 14.5. The fraction of sp³-hybridized carbons (Fsp3) is 0.593. The number of guanidine groups is 1. The standard InChI is InChI=1S/C27H45N7O6/c1-5-16(4)22(25(38)33-21(26(39)40)13-15(2)3)34-24(37)20(7-6-12-31-27(29)30)32-23(36)19(28)14-17-8-10-18(35)11-9-17/h8-11,15-16,19-22,35H,5-7,12-14,28H2,1-4H3,(H,32,36)(H,33,38)(H,34,37)(H,39,40)(H4,29,30,31). The zero-order valence-electron chi connectivity index (χ0n) is 23.7. The predicted molar refractivity (Wildman–Crippen MR) is 152 cm³/mol. The van der Waals surface area contributed by atoms with Crippen LogP contribution in [0.15, 0.2) is 29.3 Å². The molecule has 224 valence electrons. The number of nitrogens with two attached hydrogens (primary N) is 3. The highest BCUT2D eigenvalue weighted by Gasteiger charge is 2.32. The molecule has 0 aromatic heterocycles. The first-order chi connectivity index (χ1) is 18.7. The van der Waals surface area contributed by atoms with E-state index in [-0.39, 0.29) is 49.4 Å². The van der Waals surface area contributed by atoms with Gasteiger partial charge in [0.05, 0.1) is 6.04 Å². The highest BCUT2D eigenvalue weighted by atomic mass is 16.4. The van der Waals surface area contributed by atoms with Crippen LogP contribution in [0.1, 0.15) is 58.9 Å². The Balaban J connectivity index is 3.06. The smallest absolute Gasteiger partial charge is 0.326 e. The molecule has 0 fully saturated rings. The Bertz CT molecular complexity index is 1010. The summed E-state index contributed by atoms with van der Waals surface area (Å²) < 4.78 is 0. The van der Waals surface area contributed by atoms with Gasteiger partial charge in [0.15, 0.2) is 5.96 Å². The second kappa shape index (κ2) is 17.0. The lowest BCUT2D eigenvalue weighted by atomic mass is 9.96. The largest absolute Gasteiger partial charge is 0.508 e. The summed E-state index contributed by atoms with van der Waals surface area (Å²) in [5, 5.41) is 26.9. The monoisotopic (exact) mass is 563 g/mol. The molecule has 0 saturated carbocycles. The molecule has 3 amide bonds. The Labute approximate surface area is 235 Å². The number of hydrogen-bond donors (Lipinski definition) is 8. The molecule has 40 heavy (non-hydrogen) atoms. The van der Waals surface area contributed by atoms with E-state index < -0.39 is 47.9 Å². The average Bonchev–Trinajstić information content (AvgIpc) is 2.88. The zero-order chi connectivity index (χ0) is 30.4. The van der Waals surface area contributed by atoms with Gasteiger partial charge in [0.25, 0.3) is 0 Å². The number of carboxylic acid groups (broad SMARTS) is 1. The first-order valence-corrected chi connectivity index (χ1v) is 13.5. The minimum Gasteiger partial charge on any atom is -0.508 e. The van der Waals surface area contributed by atoms with E-state index in [4.69, 9.17) is 17.2 Å². The first kappa shape index (κ1) is 34.2. The normalized spacial score (nSPS) is 14.8. The quantitative estimate of drug-likeness (QED) is 0.0719. The topological polar surface area (TPSA) is 235 Å². The molecule has 0 saturated heterocycles. The number of aliphatic carboxylic acids is 1. The molecule has 0 aliphatic rings. The Hall–Kier alpha value is -3.87. The Morgan fingerprint density at radius 1 is 0.925 bits per heavy atom. The molecule has 5 unspecified atom stereocenters. The van der Waals surface area contributed by atoms with E-state index in [1.807, 2.05) is 20.8 Å². The van der Waals surface area contributed by atoms with Crippen LogP contribution in [-0.2, 0) is 25.6 Å². The fourth-order valence-electron chi connectivity index (χ4n) is 3.94. The van der Waals surface area contributed by atoms with Crippen molar-refractivity contribution in [2.24, 2.45) is 34.0 Å². The van der Waals surface area contributed by atoms with E-state index in [0.717, 1.165) is 5.56 Å². The van der Waals surface area contributed by atoms with Crippen molar-refractivity contribution < 1.29 is 29.4 Å². The maximum Gasteiger partial charge on any atom is 0.326 e. The highest BCUT2D eigenvalue weighted by molar-refractivity contribution is 5.94. The van der Waals surface area contributed by atoms with Crippen molar-refractivity contribution in [2.75, 3.05) is 6.54 Å². The summed E-state index contributed by atoms with van der Waals surface area (Å²) in [6, 6.07) is 2.06. The molecular weight excluding hydrogens is 518 g/mol. The maximum absolute atomic E-state index is 13.4. The van der Waals surface area contributed by atoms with Crippen molar-refractivity contribution in [3.8, 4) is 5.75 Å². The van der Waals surface area contributed by atoms with Gasteiger partial charge in [0.1, 0.15) is 23.9 Å². The number of phenolic OH excluding ortho intramolecular Hbond substituents is 1. The van der Waals surface area contributed by atoms with Crippen molar-refractivity contribution in [2.45, 2.75) is 84.0 Å². The van der Waals surface area contributed by atoms with E-state index in [0.29, 0.717) is 12.8 Å². The predicted octanol–water partition coefficient (Wildman–Crippen LogP) is -0.0532. The van der Waals surface area contributed by atoms with Crippen LogP contribution in [0.5, 0.6) is 5.75 Å². The number of aromatic hydroxyl groups is 1. The van der Waals surface area contributed by atoms with Gasteiger partial charge in [-0.15, -0.1) is 0 Å². The van der Waals surface area contributed by atoms with E-state index in [1.165, 1.54) is 12.1 Å². The number of nitrogens with zero attached hydrogens (tertiary/aromatic N) is 1. The minimum atomic E-state index is -1.16. The van der Waals surface area contributed by atoms with Gasteiger partial charge in [-0.1, -0.05) is 46.2 Å². The molecule has 13 heteroatoms. The van der Waals surface area contributed by atoms with Crippen molar-refractivity contribution in [3.63, 3.8) is 0 Å². The number of carboxylic acids is 1. The van der Waals surface area contributed by atoms with Gasteiger partial charge in [-0.2, -0.15) is 0 Å². The second-order valence-electron chi connectivity index (χ2n) is 10.4. The van der Waals surface area contributed by atoms with Crippen LogP contribution < -0.4 is 33.2 Å². The van der Waals surface area contributed by atoms with Crippen molar-refractivity contribution in [1.29, 1.82) is 0 Å². The zero-order valence-corrected chi connectivity index (χ0v) is 23.7.